The standard InChI is InChI=1S/C13H13NO6/c15-13(19-9-3-1-8(14-16)2-4-9)20-11-7-18-12-10(11)5-6-17-12/h1-4,10-12H,5-7H2/t10-,11-,12+/m1/s1. The van der Waals surface area contributed by atoms with E-state index in [2.05, 4.69) is 5.18 Å². The Balaban J connectivity index is 1.55. The zero-order chi connectivity index (χ0) is 13.9. The van der Waals surface area contributed by atoms with E-state index in [9.17, 15) is 9.70 Å². The van der Waals surface area contributed by atoms with Gasteiger partial charge in [-0.1, -0.05) is 0 Å². The van der Waals surface area contributed by atoms with Crippen molar-refractivity contribution < 1.29 is 23.7 Å². The third-order valence-electron chi connectivity index (χ3n) is 3.38. The monoisotopic (exact) mass is 279 g/mol. The van der Waals surface area contributed by atoms with Crippen molar-refractivity contribution in [1.29, 1.82) is 0 Å². The van der Waals surface area contributed by atoms with Crippen LogP contribution in [0.15, 0.2) is 29.4 Å². The van der Waals surface area contributed by atoms with Crippen molar-refractivity contribution >= 4 is 11.8 Å². The average molecular weight is 279 g/mol. The van der Waals surface area contributed by atoms with Crippen molar-refractivity contribution in [3.8, 4) is 5.75 Å². The normalized spacial score (nSPS) is 27.9. The highest BCUT2D eigenvalue weighted by Gasteiger charge is 2.44. The molecule has 3 rings (SSSR count). The summed E-state index contributed by atoms with van der Waals surface area (Å²) in [5, 5.41) is 2.76. The first-order chi connectivity index (χ1) is 9.76. The van der Waals surface area contributed by atoms with E-state index in [1.165, 1.54) is 24.3 Å². The molecule has 2 aliphatic rings. The minimum Gasteiger partial charge on any atom is -0.428 e. The first-order valence-electron chi connectivity index (χ1n) is 6.31. The molecule has 0 N–H and O–H groups in total. The van der Waals surface area contributed by atoms with Crippen LogP contribution in [0.3, 0.4) is 0 Å². The largest absolute Gasteiger partial charge is 0.514 e. The fourth-order valence-corrected chi connectivity index (χ4v) is 2.37. The van der Waals surface area contributed by atoms with Crippen LogP contribution in [0.25, 0.3) is 0 Å². The molecule has 2 heterocycles. The molecule has 1 aromatic carbocycles. The number of carbonyl (C=O) groups is 1. The Hall–Kier alpha value is -1.99. The van der Waals surface area contributed by atoms with Gasteiger partial charge in [0.1, 0.15) is 17.5 Å². The van der Waals surface area contributed by atoms with Gasteiger partial charge in [0, 0.05) is 0 Å². The van der Waals surface area contributed by atoms with E-state index in [4.69, 9.17) is 18.9 Å². The van der Waals surface area contributed by atoms with Gasteiger partial charge in [-0.3, -0.25) is 0 Å². The molecule has 2 fully saturated rings. The zero-order valence-corrected chi connectivity index (χ0v) is 10.6. The lowest BCUT2D eigenvalue weighted by atomic mass is 10.0. The van der Waals surface area contributed by atoms with Crippen LogP contribution in [0, 0.1) is 10.8 Å². The van der Waals surface area contributed by atoms with E-state index in [-0.39, 0.29) is 24.0 Å². The van der Waals surface area contributed by atoms with Crippen LogP contribution < -0.4 is 4.74 Å². The van der Waals surface area contributed by atoms with E-state index in [0.29, 0.717) is 19.0 Å². The molecule has 7 nitrogen and oxygen atoms in total. The molecular weight excluding hydrogens is 266 g/mol. The van der Waals surface area contributed by atoms with Gasteiger partial charge < -0.3 is 18.9 Å². The van der Waals surface area contributed by atoms with Crippen LogP contribution in [0.4, 0.5) is 10.5 Å². The Morgan fingerprint density at radius 3 is 2.80 bits per heavy atom. The number of rotatable bonds is 3. The molecule has 0 amide bonds. The summed E-state index contributed by atoms with van der Waals surface area (Å²) in [6.45, 7) is 0.933. The molecule has 2 saturated heterocycles. The summed E-state index contributed by atoms with van der Waals surface area (Å²) in [5.74, 6) is 0.365. The molecule has 0 radical (unpaired) electrons. The Morgan fingerprint density at radius 1 is 1.25 bits per heavy atom. The van der Waals surface area contributed by atoms with Crippen LogP contribution in [-0.4, -0.2) is 31.8 Å². The molecule has 20 heavy (non-hydrogen) atoms. The highest BCUT2D eigenvalue weighted by atomic mass is 16.8. The second-order valence-corrected chi connectivity index (χ2v) is 4.62. The number of hydrogen-bond acceptors (Lipinski definition) is 7. The number of carbonyl (C=O) groups excluding carboxylic acids is 1. The summed E-state index contributed by atoms with van der Waals surface area (Å²) in [7, 11) is 0. The van der Waals surface area contributed by atoms with Crippen molar-refractivity contribution in [3.05, 3.63) is 29.2 Å². The predicted octanol–water partition coefficient (Wildman–Crippen LogP) is 2.36. The van der Waals surface area contributed by atoms with Crippen LogP contribution in [0.2, 0.25) is 0 Å². The van der Waals surface area contributed by atoms with Crippen molar-refractivity contribution in [1.82, 2.24) is 0 Å². The number of benzene rings is 1. The summed E-state index contributed by atoms with van der Waals surface area (Å²) < 4.78 is 21.0. The summed E-state index contributed by atoms with van der Waals surface area (Å²) in [6, 6.07) is 5.86. The Labute approximate surface area is 114 Å². The Kier molecular flexibility index (Phi) is 3.62. The molecule has 106 valence electrons. The third kappa shape index (κ3) is 2.63. The van der Waals surface area contributed by atoms with Gasteiger partial charge in [-0.25, -0.2) is 4.79 Å². The van der Waals surface area contributed by atoms with E-state index < -0.39 is 6.16 Å². The third-order valence-corrected chi connectivity index (χ3v) is 3.38. The first kappa shape index (κ1) is 13.0. The van der Waals surface area contributed by atoms with Gasteiger partial charge in [0.2, 0.25) is 0 Å². The molecule has 0 saturated carbocycles. The highest BCUT2D eigenvalue weighted by molar-refractivity contribution is 5.64. The minimum atomic E-state index is -0.794. The SMILES string of the molecule is O=Nc1ccc(OC(=O)O[C@@H]2CO[C@@H]3OCC[C@@H]32)cc1. The molecule has 1 aromatic rings. The van der Waals surface area contributed by atoms with Crippen LogP contribution >= 0.6 is 0 Å². The van der Waals surface area contributed by atoms with E-state index in [1.54, 1.807) is 0 Å². The smallest absolute Gasteiger partial charge is 0.428 e. The molecule has 3 atom stereocenters. The summed E-state index contributed by atoms with van der Waals surface area (Å²) in [6.07, 6.45) is -0.600. The molecule has 0 unspecified atom stereocenters. The van der Waals surface area contributed by atoms with Gasteiger partial charge in [0.15, 0.2) is 6.29 Å². The maximum Gasteiger partial charge on any atom is 0.514 e. The van der Waals surface area contributed by atoms with Crippen LogP contribution in [0.5, 0.6) is 5.75 Å². The second kappa shape index (κ2) is 5.56. The fourth-order valence-electron chi connectivity index (χ4n) is 2.37. The maximum atomic E-state index is 11.7. The number of fused-ring (bicyclic) bond motifs is 1. The summed E-state index contributed by atoms with van der Waals surface area (Å²) in [4.78, 5) is 22.0. The lowest BCUT2D eigenvalue weighted by Gasteiger charge is -2.15. The quantitative estimate of drug-likeness (QED) is 0.480. The lowest BCUT2D eigenvalue weighted by molar-refractivity contribution is -0.0907. The zero-order valence-electron chi connectivity index (χ0n) is 10.6. The van der Waals surface area contributed by atoms with Gasteiger partial charge in [0.05, 0.1) is 19.1 Å². The van der Waals surface area contributed by atoms with Crippen molar-refractivity contribution in [3.63, 3.8) is 0 Å². The molecule has 0 aromatic heterocycles. The highest BCUT2D eigenvalue weighted by Crippen LogP contribution is 2.33. The predicted molar refractivity (Wildman–Crippen MR) is 66.6 cm³/mol. The van der Waals surface area contributed by atoms with Gasteiger partial charge in [-0.15, -0.1) is 4.91 Å². The topological polar surface area (TPSA) is 83.4 Å². The van der Waals surface area contributed by atoms with Gasteiger partial charge >= 0.3 is 6.16 Å². The number of nitroso groups, excluding NO2 is 1. The molecule has 7 heteroatoms. The van der Waals surface area contributed by atoms with Gasteiger partial charge in [0.25, 0.3) is 0 Å². The van der Waals surface area contributed by atoms with Gasteiger partial charge in [-0.05, 0) is 35.9 Å². The van der Waals surface area contributed by atoms with E-state index >= 15 is 0 Å². The van der Waals surface area contributed by atoms with Crippen LogP contribution in [0.1, 0.15) is 6.42 Å². The van der Waals surface area contributed by atoms with Crippen LogP contribution in [-0.2, 0) is 14.2 Å². The van der Waals surface area contributed by atoms with Crippen molar-refractivity contribution in [2.45, 2.75) is 18.8 Å². The van der Waals surface area contributed by atoms with Crippen molar-refractivity contribution in [2.75, 3.05) is 13.2 Å². The molecule has 0 aliphatic carbocycles. The summed E-state index contributed by atoms with van der Waals surface area (Å²) in [5.41, 5.74) is 0.265. The molecule has 0 spiro atoms. The minimum absolute atomic E-state index is 0.0733. The van der Waals surface area contributed by atoms with E-state index in [1.807, 2.05) is 0 Å². The lowest BCUT2D eigenvalue weighted by Crippen LogP contribution is -2.27. The van der Waals surface area contributed by atoms with Gasteiger partial charge in [-0.2, -0.15) is 0 Å². The molecule has 0 bridgehead atoms. The first-order valence-corrected chi connectivity index (χ1v) is 6.31. The molecular formula is C13H13NO6. The number of ether oxygens (including phenoxy) is 4. The molecule has 2 aliphatic heterocycles. The van der Waals surface area contributed by atoms with Crippen molar-refractivity contribution in [2.24, 2.45) is 11.1 Å². The second-order valence-electron chi connectivity index (χ2n) is 4.62. The van der Waals surface area contributed by atoms with E-state index in [0.717, 1.165) is 6.42 Å². The number of hydrogen-bond donors (Lipinski definition) is 0. The Bertz CT molecular complexity index is 502. The fraction of sp³-hybridized carbons (Fsp3) is 0.462. The average Bonchev–Trinajstić information content (AvgIpc) is 3.05. The number of nitrogens with zero attached hydrogens (tertiary/aromatic N) is 1. The Morgan fingerprint density at radius 2 is 2.05 bits per heavy atom. The maximum absolute atomic E-state index is 11.7. The summed E-state index contributed by atoms with van der Waals surface area (Å²) >= 11 is 0.